The molecule has 1 aromatic rings. The molecule has 0 spiro atoms. The van der Waals surface area contributed by atoms with Crippen LogP contribution >= 0.6 is 11.3 Å². The number of nitrogens with one attached hydrogen (secondary N) is 1. The molecule has 0 aromatic carbocycles. The Kier molecular flexibility index (Phi) is 8.16. The summed E-state index contributed by atoms with van der Waals surface area (Å²) >= 11 is 1.22. The number of ether oxygens (including phenoxy) is 1. The number of hydrogen-bond donors (Lipinski definition) is 2. The van der Waals surface area contributed by atoms with Crippen molar-refractivity contribution in [2.24, 2.45) is 17.6 Å². The highest BCUT2D eigenvalue weighted by molar-refractivity contribution is 7.15. The Morgan fingerprint density at radius 1 is 1.32 bits per heavy atom. The highest BCUT2D eigenvalue weighted by Gasteiger charge is 2.43. The van der Waals surface area contributed by atoms with Crippen molar-refractivity contribution in [1.82, 2.24) is 14.8 Å². The maximum atomic E-state index is 14.2. The van der Waals surface area contributed by atoms with Gasteiger partial charge in [-0.1, -0.05) is 31.1 Å². The first-order chi connectivity index (χ1) is 16.2. The Balaban J connectivity index is 1.47. The van der Waals surface area contributed by atoms with Crippen LogP contribution in [-0.4, -0.2) is 78.0 Å². The van der Waals surface area contributed by atoms with E-state index in [4.69, 9.17) is 10.5 Å². The summed E-state index contributed by atoms with van der Waals surface area (Å²) in [5, 5.41) is 3.20. The third-order valence-corrected chi connectivity index (χ3v) is 8.30. The first kappa shape index (κ1) is 25.4. The average molecular weight is 500 g/mol. The highest BCUT2D eigenvalue weighted by Crippen LogP contribution is 2.37. The molecule has 0 bridgehead atoms. The topological polar surface area (TPSA) is 101 Å². The quantitative estimate of drug-likeness (QED) is 0.598. The number of morpholine rings is 1. The van der Waals surface area contributed by atoms with Crippen molar-refractivity contribution in [2.45, 2.75) is 63.5 Å². The zero-order chi connectivity index (χ0) is 24.3. The zero-order valence-electron chi connectivity index (χ0n) is 19.7. The third kappa shape index (κ3) is 6.30. The monoisotopic (exact) mass is 499 g/mol. The molecule has 1 aromatic heterocycles. The molecule has 34 heavy (non-hydrogen) atoms. The molecule has 1 saturated carbocycles. The number of nitrogens with two attached hydrogens (primary N) is 1. The maximum Gasteiger partial charge on any atom is 0.265 e. The van der Waals surface area contributed by atoms with E-state index in [1.807, 2.05) is 0 Å². The Hall–Kier alpha value is -1.69. The molecule has 2 amide bonds. The van der Waals surface area contributed by atoms with Gasteiger partial charge in [0.05, 0.1) is 36.7 Å². The van der Waals surface area contributed by atoms with Crippen LogP contribution in [0.4, 0.5) is 13.9 Å². The lowest BCUT2D eigenvalue weighted by atomic mass is 9.79. The number of amides is 2. The standard InChI is InChI=1S/C23H35F2N5O3S/c1-15-2-4-16(5-3-15)20(26)21(32)28-22-27-12-18(34-22)17(13-29-8-10-33-11-9-29)30-14-23(24,25)7-6-19(30)31/h12,15-17,20H,2-11,13-14,26H2,1H3,(H,27,28,32). The first-order valence-electron chi connectivity index (χ1n) is 12.2. The van der Waals surface area contributed by atoms with E-state index in [-0.39, 0.29) is 24.2 Å². The van der Waals surface area contributed by atoms with Gasteiger partial charge >= 0.3 is 0 Å². The predicted octanol–water partition coefficient (Wildman–Crippen LogP) is 2.87. The number of alkyl halides is 2. The number of nitrogens with zero attached hydrogens (tertiary/aromatic N) is 3. The van der Waals surface area contributed by atoms with E-state index in [0.717, 1.165) is 25.7 Å². The number of rotatable bonds is 7. The van der Waals surface area contributed by atoms with Gasteiger partial charge in [0, 0.05) is 38.7 Å². The lowest BCUT2D eigenvalue weighted by Crippen LogP contribution is -2.51. The lowest BCUT2D eigenvalue weighted by molar-refractivity contribution is -0.152. The number of aromatic nitrogens is 1. The number of carbonyl (C=O) groups excluding carboxylic acids is 2. The van der Waals surface area contributed by atoms with Gasteiger partial charge in [-0.2, -0.15) is 0 Å². The number of anilines is 1. The fraction of sp³-hybridized carbons (Fsp3) is 0.783. The van der Waals surface area contributed by atoms with Crippen LogP contribution in [0, 0.1) is 11.8 Å². The molecule has 0 radical (unpaired) electrons. The van der Waals surface area contributed by atoms with Crippen LogP contribution in [0.1, 0.15) is 56.4 Å². The van der Waals surface area contributed by atoms with Crippen LogP contribution in [0.2, 0.25) is 0 Å². The zero-order valence-corrected chi connectivity index (χ0v) is 20.5. The SMILES string of the molecule is CC1CCC(C(N)C(=O)Nc2ncc(C(CN3CCOCC3)N3CC(F)(F)CCC3=O)s2)CC1. The van der Waals surface area contributed by atoms with Gasteiger partial charge in [-0.15, -0.1) is 0 Å². The molecule has 3 aliphatic rings. The molecule has 2 aliphatic heterocycles. The molecule has 2 unspecified atom stereocenters. The summed E-state index contributed by atoms with van der Waals surface area (Å²) in [7, 11) is 0. The van der Waals surface area contributed by atoms with E-state index in [0.29, 0.717) is 48.8 Å². The van der Waals surface area contributed by atoms with Crippen molar-refractivity contribution < 1.29 is 23.1 Å². The first-order valence-corrected chi connectivity index (χ1v) is 13.0. The molecular weight excluding hydrogens is 464 g/mol. The van der Waals surface area contributed by atoms with Crippen LogP contribution in [0.15, 0.2) is 6.20 Å². The number of thiazole rings is 1. The number of halogens is 2. The second-order valence-electron chi connectivity index (χ2n) is 9.91. The number of carbonyl (C=O) groups is 2. The molecule has 4 rings (SSSR count). The second kappa shape index (κ2) is 10.9. The van der Waals surface area contributed by atoms with Gasteiger partial charge in [0.15, 0.2) is 5.13 Å². The number of piperidine rings is 1. The Morgan fingerprint density at radius 3 is 2.74 bits per heavy atom. The van der Waals surface area contributed by atoms with Crippen molar-refractivity contribution >= 4 is 28.3 Å². The fourth-order valence-electron chi connectivity index (χ4n) is 5.05. The van der Waals surface area contributed by atoms with Gasteiger partial charge in [-0.25, -0.2) is 13.8 Å². The lowest BCUT2D eigenvalue weighted by Gasteiger charge is -2.40. The Bertz CT molecular complexity index is 855. The van der Waals surface area contributed by atoms with Gasteiger partial charge in [-0.3, -0.25) is 14.5 Å². The minimum atomic E-state index is -2.91. The van der Waals surface area contributed by atoms with Crippen LogP contribution in [-0.2, 0) is 14.3 Å². The van der Waals surface area contributed by atoms with E-state index < -0.39 is 31.0 Å². The summed E-state index contributed by atoms with van der Waals surface area (Å²) in [6.07, 6.45) is 5.00. The molecule has 1 aliphatic carbocycles. The minimum Gasteiger partial charge on any atom is -0.379 e. The van der Waals surface area contributed by atoms with E-state index in [9.17, 15) is 18.4 Å². The van der Waals surface area contributed by atoms with Gasteiger partial charge in [0.25, 0.3) is 5.92 Å². The van der Waals surface area contributed by atoms with Crippen LogP contribution < -0.4 is 11.1 Å². The van der Waals surface area contributed by atoms with Crippen LogP contribution in [0.25, 0.3) is 0 Å². The van der Waals surface area contributed by atoms with Crippen LogP contribution in [0.3, 0.4) is 0 Å². The summed E-state index contributed by atoms with van der Waals surface area (Å²) in [6, 6.07) is -1.17. The van der Waals surface area contributed by atoms with Crippen molar-refractivity contribution in [3.05, 3.63) is 11.1 Å². The van der Waals surface area contributed by atoms with Crippen molar-refractivity contribution in [1.29, 1.82) is 0 Å². The third-order valence-electron chi connectivity index (χ3n) is 7.29. The summed E-state index contributed by atoms with van der Waals surface area (Å²) in [5.74, 6) is -2.65. The van der Waals surface area contributed by atoms with Crippen LogP contribution in [0.5, 0.6) is 0 Å². The fourth-order valence-corrected chi connectivity index (χ4v) is 5.97. The number of likely N-dealkylation sites (tertiary alicyclic amines) is 1. The molecular formula is C23H35F2N5O3S. The molecule has 3 heterocycles. The van der Waals surface area contributed by atoms with E-state index in [1.165, 1.54) is 16.2 Å². The summed E-state index contributed by atoms with van der Waals surface area (Å²) < 4.78 is 33.9. The Labute approximate surface area is 203 Å². The Morgan fingerprint density at radius 2 is 2.03 bits per heavy atom. The summed E-state index contributed by atoms with van der Waals surface area (Å²) in [5.41, 5.74) is 6.25. The summed E-state index contributed by atoms with van der Waals surface area (Å²) in [6.45, 7) is 4.51. The van der Waals surface area contributed by atoms with E-state index in [2.05, 4.69) is 22.1 Å². The molecule has 3 fully saturated rings. The average Bonchev–Trinajstić information content (AvgIpc) is 3.28. The van der Waals surface area contributed by atoms with Crippen molar-refractivity contribution in [3.63, 3.8) is 0 Å². The van der Waals surface area contributed by atoms with E-state index >= 15 is 0 Å². The largest absolute Gasteiger partial charge is 0.379 e. The van der Waals surface area contributed by atoms with Crippen molar-refractivity contribution in [2.75, 3.05) is 44.7 Å². The second-order valence-corrected chi connectivity index (χ2v) is 11.0. The van der Waals surface area contributed by atoms with Gasteiger partial charge in [0.1, 0.15) is 0 Å². The maximum absolute atomic E-state index is 14.2. The van der Waals surface area contributed by atoms with Gasteiger partial charge in [-0.05, 0) is 24.7 Å². The molecule has 2 saturated heterocycles. The normalized spacial score (nSPS) is 27.9. The van der Waals surface area contributed by atoms with Crippen molar-refractivity contribution in [3.8, 4) is 0 Å². The minimum absolute atomic E-state index is 0.151. The summed E-state index contributed by atoms with van der Waals surface area (Å²) in [4.78, 5) is 33.8. The smallest absolute Gasteiger partial charge is 0.265 e. The molecule has 8 nitrogen and oxygen atoms in total. The van der Waals surface area contributed by atoms with E-state index in [1.54, 1.807) is 6.20 Å². The number of hydrogen-bond acceptors (Lipinski definition) is 7. The molecule has 190 valence electrons. The predicted molar refractivity (Wildman–Crippen MR) is 126 cm³/mol. The van der Waals surface area contributed by atoms with Gasteiger partial charge in [0.2, 0.25) is 11.8 Å². The molecule has 2 atom stereocenters. The van der Waals surface area contributed by atoms with Gasteiger partial charge < -0.3 is 20.7 Å². The molecule has 11 heteroatoms. The molecule has 3 N–H and O–H groups in total. The highest BCUT2D eigenvalue weighted by atomic mass is 32.1.